The van der Waals surface area contributed by atoms with Crippen LogP contribution in [0.5, 0.6) is 0 Å². The van der Waals surface area contributed by atoms with Gasteiger partial charge in [0.25, 0.3) is 0 Å². The minimum Gasteiger partial charge on any atom is -0.360 e. The number of alkyl halides is 3. The van der Waals surface area contributed by atoms with Crippen molar-refractivity contribution in [3.63, 3.8) is 0 Å². The molecule has 0 saturated carbocycles. The molecule has 0 amide bonds. The molecular weight excluding hydrogens is 398 g/mol. The van der Waals surface area contributed by atoms with Gasteiger partial charge in [-0.25, -0.2) is 12.8 Å². The largest absolute Gasteiger partial charge is 0.416 e. The molecule has 9 heteroatoms. The molecule has 148 valence electrons. The van der Waals surface area contributed by atoms with Gasteiger partial charge in [-0.05, 0) is 43.2 Å². The molecule has 28 heavy (non-hydrogen) atoms. The van der Waals surface area contributed by atoms with Crippen LogP contribution in [0.1, 0.15) is 16.9 Å². The van der Waals surface area contributed by atoms with E-state index in [1.165, 1.54) is 32.0 Å². The van der Waals surface area contributed by atoms with Gasteiger partial charge < -0.3 is 4.52 Å². The molecule has 1 aromatic heterocycles. The third-order valence-electron chi connectivity index (χ3n) is 4.30. The van der Waals surface area contributed by atoms with Gasteiger partial charge in [-0.2, -0.15) is 13.2 Å². The van der Waals surface area contributed by atoms with Crippen LogP contribution in [0.2, 0.25) is 0 Å². The van der Waals surface area contributed by atoms with Crippen LogP contribution in [-0.2, 0) is 16.0 Å². The summed E-state index contributed by atoms with van der Waals surface area (Å²) in [6, 6.07) is 7.20. The van der Waals surface area contributed by atoms with Crippen molar-refractivity contribution in [2.75, 3.05) is 6.26 Å². The van der Waals surface area contributed by atoms with Crippen LogP contribution in [0.25, 0.3) is 22.4 Å². The topological polar surface area (TPSA) is 60.2 Å². The second-order valence-electron chi connectivity index (χ2n) is 6.41. The van der Waals surface area contributed by atoms with Gasteiger partial charge in [0.1, 0.15) is 22.2 Å². The Hall–Kier alpha value is -2.68. The van der Waals surface area contributed by atoms with Crippen LogP contribution in [0.3, 0.4) is 0 Å². The molecule has 0 fully saturated rings. The second kappa shape index (κ2) is 6.73. The van der Waals surface area contributed by atoms with E-state index in [-0.39, 0.29) is 33.7 Å². The molecule has 0 N–H and O–H groups in total. The molecule has 2 aromatic carbocycles. The highest BCUT2D eigenvalue weighted by atomic mass is 32.2. The number of nitrogens with zero attached hydrogens (tertiary/aromatic N) is 1. The zero-order valence-electron chi connectivity index (χ0n) is 15.1. The van der Waals surface area contributed by atoms with Gasteiger partial charge in [-0.3, -0.25) is 0 Å². The predicted molar refractivity (Wildman–Crippen MR) is 94.9 cm³/mol. The zero-order chi connectivity index (χ0) is 20.9. The molecule has 0 radical (unpaired) electrons. The molecule has 0 atom stereocenters. The lowest BCUT2D eigenvalue weighted by molar-refractivity contribution is -0.138. The maximum atomic E-state index is 14.3. The minimum atomic E-state index is -4.54. The van der Waals surface area contributed by atoms with Crippen molar-refractivity contribution < 1.29 is 30.5 Å². The van der Waals surface area contributed by atoms with Crippen LogP contribution >= 0.6 is 0 Å². The molecule has 0 saturated heterocycles. The summed E-state index contributed by atoms with van der Waals surface area (Å²) in [6.45, 7) is 2.88. The normalized spacial score (nSPS) is 12.4. The number of aryl methyl sites for hydroxylation is 2. The number of hydrogen-bond donors (Lipinski definition) is 0. The standard InChI is InChI=1S/C19H15F4NO3S/c1-10-4-5-13(8-14(10)19(21,22)23)18-17(11(2)27-24-18)12-6-7-16(15(20)9-12)28(3,25)26/h4-9H,1-3H3. The molecule has 0 unspecified atom stereocenters. The first-order chi connectivity index (χ1) is 12.9. The lowest BCUT2D eigenvalue weighted by Gasteiger charge is -2.12. The van der Waals surface area contributed by atoms with E-state index in [0.29, 0.717) is 0 Å². The number of halogens is 4. The van der Waals surface area contributed by atoms with Crippen LogP contribution < -0.4 is 0 Å². The summed E-state index contributed by atoms with van der Waals surface area (Å²) in [4.78, 5) is -0.471. The number of aromatic nitrogens is 1. The highest BCUT2D eigenvalue weighted by Crippen LogP contribution is 2.39. The fourth-order valence-electron chi connectivity index (χ4n) is 2.94. The van der Waals surface area contributed by atoms with Crippen LogP contribution in [0, 0.1) is 19.7 Å². The van der Waals surface area contributed by atoms with Crippen LogP contribution in [-0.4, -0.2) is 19.8 Å². The Labute approximate surface area is 158 Å². The molecule has 1 heterocycles. The van der Waals surface area contributed by atoms with Crippen LogP contribution in [0.4, 0.5) is 17.6 Å². The lowest BCUT2D eigenvalue weighted by Crippen LogP contribution is -2.07. The summed E-state index contributed by atoms with van der Waals surface area (Å²) in [5.41, 5.74) is 0.0346. The molecule has 0 aliphatic carbocycles. The van der Waals surface area contributed by atoms with Gasteiger partial charge in [-0.15, -0.1) is 0 Å². The van der Waals surface area contributed by atoms with E-state index in [4.69, 9.17) is 4.52 Å². The van der Waals surface area contributed by atoms with Crippen molar-refractivity contribution in [3.8, 4) is 22.4 Å². The first-order valence-electron chi connectivity index (χ1n) is 8.04. The third kappa shape index (κ3) is 3.66. The van der Waals surface area contributed by atoms with Gasteiger partial charge in [0.05, 0.1) is 11.1 Å². The summed E-state index contributed by atoms with van der Waals surface area (Å²) in [6.07, 6.45) is -3.66. The third-order valence-corrected chi connectivity index (χ3v) is 5.43. The summed E-state index contributed by atoms with van der Waals surface area (Å²) >= 11 is 0. The fraction of sp³-hybridized carbons (Fsp3) is 0.211. The first kappa shape index (κ1) is 20.1. The average Bonchev–Trinajstić information content (AvgIpc) is 2.94. The molecule has 0 spiro atoms. The SMILES string of the molecule is Cc1ccc(-c2noc(C)c2-c2ccc(S(C)(=O)=O)c(F)c2)cc1C(F)(F)F. The molecule has 3 rings (SSSR count). The van der Waals surface area contributed by atoms with Crippen molar-refractivity contribution in [1.29, 1.82) is 0 Å². The first-order valence-corrected chi connectivity index (χ1v) is 9.93. The molecule has 4 nitrogen and oxygen atoms in total. The van der Waals surface area contributed by atoms with Gasteiger partial charge >= 0.3 is 6.18 Å². The predicted octanol–water partition coefficient (Wildman–Crippen LogP) is 5.19. The van der Waals surface area contributed by atoms with Gasteiger partial charge in [-0.1, -0.05) is 23.4 Å². The Balaban J connectivity index is 2.18. The van der Waals surface area contributed by atoms with Crippen LogP contribution in [0.15, 0.2) is 45.8 Å². The van der Waals surface area contributed by atoms with E-state index >= 15 is 0 Å². The van der Waals surface area contributed by atoms with Gasteiger partial charge in [0.2, 0.25) is 0 Å². The minimum absolute atomic E-state index is 0.0570. The molecule has 0 aliphatic heterocycles. The van der Waals surface area contributed by atoms with E-state index in [9.17, 15) is 26.0 Å². The van der Waals surface area contributed by atoms with Crippen molar-refractivity contribution in [2.45, 2.75) is 24.9 Å². The highest BCUT2D eigenvalue weighted by Gasteiger charge is 2.33. The summed E-state index contributed by atoms with van der Waals surface area (Å²) < 4.78 is 82.3. The monoisotopic (exact) mass is 413 g/mol. The maximum absolute atomic E-state index is 14.3. The van der Waals surface area contributed by atoms with E-state index in [2.05, 4.69) is 5.16 Å². The Morgan fingerprint density at radius 2 is 1.64 bits per heavy atom. The fourth-order valence-corrected chi connectivity index (χ4v) is 3.67. The second-order valence-corrected chi connectivity index (χ2v) is 8.39. The Bertz CT molecular complexity index is 1160. The van der Waals surface area contributed by atoms with Crippen molar-refractivity contribution in [2.24, 2.45) is 0 Å². The molecule has 3 aromatic rings. The highest BCUT2D eigenvalue weighted by molar-refractivity contribution is 7.90. The van der Waals surface area contributed by atoms with E-state index in [1.807, 2.05) is 0 Å². The number of benzene rings is 2. The van der Waals surface area contributed by atoms with Crippen molar-refractivity contribution >= 4 is 9.84 Å². The summed E-state index contributed by atoms with van der Waals surface area (Å²) in [7, 11) is -3.76. The Morgan fingerprint density at radius 3 is 2.21 bits per heavy atom. The maximum Gasteiger partial charge on any atom is 0.416 e. The van der Waals surface area contributed by atoms with E-state index in [1.54, 1.807) is 0 Å². The number of rotatable bonds is 3. The Kier molecular flexibility index (Phi) is 4.82. The summed E-state index contributed by atoms with van der Waals surface area (Å²) in [5, 5.41) is 3.83. The zero-order valence-corrected chi connectivity index (χ0v) is 15.9. The summed E-state index contributed by atoms with van der Waals surface area (Å²) in [5.74, 6) is -0.706. The quantitative estimate of drug-likeness (QED) is 0.555. The number of sulfone groups is 1. The van der Waals surface area contributed by atoms with Gasteiger partial charge in [0.15, 0.2) is 9.84 Å². The molecular formula is C19H15F4NO3S. The molecule has 0 aliphatic rings. The van der Waals surface area contributed by atoms with E-state index < -0.39 is 32.3 Å². The molecule has 0 bridgehead atoms. The van der Waals surface area contributed by atoms with Crippen molar-refractivity contribution in [1.82, 2.24) is 5.16 Å². The van der Waals surface area contributed by atoms with Gasteiger partial charge in [0, 0.05) is 11.8 Å². The number of hydrogen-bond acceptors (Lipinski definition) is 4. The average molecular weight is 413 g/mol. The smallest absolute Gasteiger partial charge is 0.360 e. The Morgan fingerprint density at radius 1 is 1.00 bits per heavy atom. The van der Waals surface area contributed by atoms with Crippen molar-refractivity contribution in [3.05, 3.63) is 59.1 Å². The lowest BCUT2D eigenvalue weighted by atomic mass is 9.96. The van der Waals surface area contributed by atoms with E-state index in [0.717, 1.165) is 24.5 Å².